The molecule has 0 aliphatic carbocycles. The Hall–Kier alpha value is -2.65. The molecule has 1 atom stereocenters. The van der Waals surface area contributed by atoms with E-state index in [4.69, 9.17) is 11.6 Å². The van der Waals surface area contributed by atoms with E-state index in [0.29, 0.717) is 10.7 Å². The van der Waals surface area contributed by atoms with Gasteiger partial charge in [0.2, 0.25) is 15.9 Å². The van der Waals surface area contributed by atoms with E-state index in [0.717, 1.165) is 16.6 Å². The molecule has 0 bridgehead atoms. The molecule has 1 N–H and O–H groups in total. The zero-order chi connectivity index (χ0) is 19.5. The maximum Gasteiger partial charge on any atom is 0.271 e. The normalized spacial score (nSPS) is 12.3. The molecule has 2 aromatic rings. The van der Waals surface area contributed by atoms with Gasteiger partial charge in [-0.05, 0) is 25.1 Å². The van der Waals surface area contributed by atoms with Gasteiger partial charge in [0.1, 0.15) is 6.04 Å². The van der Waals surface area contributed by atoms with Crippen molar-refractivity contribution >= 4 is 44.6 Å². The first kappa shape index (κ1) is 19.7. The molecule has 8 nitrogen and oxygen atoms in total. The second-order valence-electron chi connectivity index (χ2n) is 5.48. The maximum atomic E-state index is 12.5. The van der Waals surface area contributed by atoms with E-state index >= 15 is 0 Å². The average Bonchev–Trinajstić information content (AvgIpc) is 2.56. The number of anilines is 2. The topological polar surface area (TPSA) is 110 Å². The summed E-state index contributed by atoms with van der Waals surface area (Å²) >= 11 is 5.99. The summed E-state index contributed by atoms with van der Waals surface area (Å²) in [6, 6.07) is 10.4. The quantitative estimate of drug-likeness (QED) is 0.595. The molecule has 1 amide bonds. The van der Waals surface area contributed by atoms with E-state index in [9.17, 15) is 23.3 Å². The molecular formula is C16H16ClN3O5S. The number of hydrogen-bond acceptors (Lipinski definition) is 5. The maximum absolute atomic E-state index is 12.5. The summed E-state index contributed by atoms with van der Waals surface area (Å²) in [5, 5.41) is 13.8. The lowest BCUT2D eigenvalue weighted by atomic mass is 10.2. The zero-order valence-corrected chi connectivity index (χ0v) is 15.5. The van der Waals surface area contributed by atoms with E-state index in [2.05, 4.69) is 5.32 Å². The minimum Gasteiger partial charge on any atom is -0.323 e. The summed E-state index contributed by atoms with van der Waals surface area (Å²) in [6.07, 6.45) is 0.922. The van der Waals surface area contributed by atoms with Crippen LogP contribution in [-0.4, -0.2) is 31.5 Å². The Morgan fingerprint density at radius 1 is 1.23 bits per heavy atom. The van der Waals surface area contributed by atoms with Crippen LogP contribution in [0.3, 0.4) is 0 Å². The number of sulfonamides is 1. The van der Waals surface area contributed by atoms with Crippen LogP contribution in [0.4, 0.5) is 17.1 Å². The Morgan fingerprint density at radius 3 is 2.46 bits per heavy atom. The van der Waals surface area contributed by atoms with Crippen LogP contribution in [0.5, 0.6) is 0 Å². The van der Waals surface area contributed by atoms with Gasteiger partial charge in [0.15, 0.2) is 0 Å². The molecule has 0 spiro atoms. The van der Waals surface area contributed by atoms with Crippen LogP contribution in [0.25, 0.3) is 0 Å². The predicted molar refractivity (Wildman–Crippen MR) is 100.0 cm³/mol. The summed E-state index contributed by atoms with van der Waals surface area (Å²) in [5.74, 6) is -0.630. The molecule has 0 saturated heterocycles. The third kappa shape index (κ3) is 4.50. The van der Waals surface area contributed by atoms with Gasteiger partial charge in [0.05, 0.1) is 27.6 Å². The Bertz CT molecular complexity index is 948. The minimum absolute atomic E-state index is 0.0171. The SMILES string of the molecule is C[C@H](C(=O)Nc1ccccc1Cl)N(c1cccc([N+](=O)[O-])c1)S(C)(=O)=O. The van der Waals surface area contributed by atoms with E-state index in [1.54, 1.807) is 24.3 Å². The summed E-state index contributed by atoms with van der Waals surface area (Å²) < 4.78 is 25.3. The second kappa shape index (κ2) is 7.71. The molecular weight excluding hydrogens is 382 g/mol. The fraction of sp³-hybridized carbons (Fsp3) is 0.188. The van der Waals surface area contributed by atoms with Gasteiger partial charge in [-0.1, -0.05) is 29.8 Å². The number of rotatable bonds is 6. The molecule has 0 aliphatic heterocycles. The number of carbonyl (C=O) groups is 1. The summed E-state index contributed by atoms with van der Waals surface area (Å²) in [4.78, 5) is 22.8. The average molecular weight is 398 g/mol. The third-order valence-corrected chi connectivity index (χ3v) is 5.09. The van der Waals surface area contributed by atoms with E-state index in [1.165, 1.54) is 25.1 Å². The molecule has 10 heteroatoms. The molecule has 2 rings (SSSR count). The molecule has 0 aliphatic rings. The fourth-order valence-electron chi connectivity index (χ4n) is 2.35. The number of nitrogens with one attached hydrogen (secondary N) is 1. The van der Waals surface area contributed by atoms with Crippen molar-refractivity contribution in [3.05, 3.63) is 63.7 Å². The molecule has 0 aromatic heterocycles. The second-order valence-corrected chi connectivity index (χ2v) is 7.75. The first-order valence-corrected chi connectivity index (χ1v) is 9.63. The van der Waals surface area contributed by atoms with Crippen molar-refractivity contribution in [1.29, 1.82) is 0 Å². The van der Waals surface area contributed by atoms with Crippen molar-refractivity contribution in [1.82, 2.24) is 0 Å². The number of amides is 1. The number of carbonyl (C=O) groups excluding carboxylic acids is 1. The number of non-ortho nitro benzene ring substituents is 1. The van der Waals surface area contributed by atoms with Crippen LogP contribution in [0.15, 0.2) is 48.5 Å². The molecule has 0 heterocycles. The molecule has 26 heavy (non-hydrogen) atoms. The largest absolute Gasteiger partial charge is 0.323 e. The first-order chi connectivity index (χ1) is 12.1. The number of nitrogens with zero attached hydrogens (tertiary/aromatic N) is 2. The van der Waals surface area contributed by atoms with Crippen LogP contribution in [0.1, 0.15) is 6.92 Å². The Labute approximate surface area is 155 Å². The highest BCUT2D eigenvalue weighted by atomic mass is 35.5. The molecule has 0 unspecified atom stereocenters. The Morgan fingerprint density at radius 2 is 1.88 bits per heavy atom. The minimum atomic E-state index is -3.89. The molecule has 0 fully saturated rings. The van der Waals surface area contributed by atoms with Gasteiger partial charge in [-0.15, -0.1) is 0 Å². The highest BCUT2D eigenvalue weighted by Gasteiger charge is 2.30. The molecule has 2 aromatic carbocycles. The number of benzene rings is 2. The first-order valence-electron chi connectivity index (χ1n) is 7.40. The monoisotopic (exact) mass is 397 g/mol. The molecule has 138 valence electrons. The van der Waals surface area contributed by atoms with Gasteiger partial charge >= 0.3 is 0 Å². The third-order valence-electron chi connectivity index (χ3n) is 3.52. The number of nitro groups is 1. The van der Waals surface area contributed by atoms with Crippen LogP contribution in [-0.2, 0) is 14.8 Å². The van der Waals surface area contributed by atoms with Crippen LogP contribution < -0.4 is 9.62 Å². The van der Waals surface area contributed by atoms with Crippen LogP contribution >= 0.6 is 11.6 Å². The molecule has 0 radical (unpaired) electrons. The van der Waals surface area contributed by atoms with Crippen molar-refractivity contribution < 1.29 is 18.1 Å². The van der Waals surface area contributed by atoms with Crippen LogP contribution in [0, 0.1) is 10.1 Å². The highest BCUT2D eigenvalue weighted by molar-refractivity contribution is 7.92. The standard InChI is InChI=1S/C16H16ClN3O5S/c1-11(16(21)18-15-9-4-3-8-14(15)17)19(26(2,24)25)12-6-5-7-13(10-12)20(22)23/h3-11H,1-2H3,(H,18,21)/t11-/m1/s1. The zero-order valence-electron chi connectivity index (χ0n) is 13.9. The van der Waals surface area contributed by atoms with Crippen molar-refractivity contribution in [3.63, 3.8) is 0 Å². The Balaban J connectivity index is 2.38. The van der Waals surface area contributed by atoms with Gasteiger partial charge in [0.25, 0.3) is 5.69 Å². The predicted octanol–water partition coefficient (Wildman–Crippen LogP) is 3.04. The molecule has 0 saturated carbocycles. The summed E-state index contributed by atoms with van der Waals surface area (Å²) in [5.41, 5.74) is 0.0666. The van der Waals surface area contributed by atoms with Crippen molar-refractivity contribution in [3.8, 4) is 0 Å². The van der Waals surface area contributed by atoms with Gasteiger partial charge < -0.3 is 5.32 Å². The number of halogens is 1. The van der Waals surface area contributed by atoms with Gasteiger partial charge in [-0.3, -0.25) is 19.2 Å². The lowest BCUT2D eigenvalue weighted by Crippen LogP contribution is -2.45. The van der Waals surface area contributed by atoms with Crippen molar-refractivity contribution in [2.45, 2.75) is 13.0 Å². The van der Waals surface area contributed by atoms with Gasteiger partial charge in [-0.2, -0.15) is 0 Å². The van der Waals surface area contributed by atoms with Crippen molar-refractivity contribution in [2.24, 2.45) is 0 Å². The van der Waals surface area contributed by atoms with E-state index in [-0.39, 0.29) is 11.4 Å². The van der Waals surface area contributed by atoms with Crippen molar-refractivity contribution in [2.75, 3.05) is 15.9 Å². The summed E-state index contributed by atoms with van der Waals surface area (Å²) in [7, 11) is -3.89. The lowest BCUT2D eigenvalue weighted by Gasteiger charge is -2.28. The van der Waals surface area contributed by atoms with Crippen LogP contribution in [0.2, 0.25) is 5.02 Å². The van der Waals surface area contributed by atoms with E-state index < -0.39 is 26.9 Å². The van der Waals surface area contributed by atoms with E-state index in [1.807, 2.05) is 0 Å². The van der Waals surface area contributed by atoms with Gasteiger partial charge in [0, 0.05) is 12.1 Å². The number of hydrogen-bond donors (Lipinski definition) is 1. The smallest absolute Gasteiger partial charge is 0.271 e. The number of nitro benzene ring substituents is 1. The fourth-order valence-corrected chi connectivity index (χ4v) is 3.70. The number of para-hydroxylation sites is 1. The highest BCUT2D eigenvalue weighted by Crippen LogP contribution is 2.26. The lowest BCUT2D eigenvalue weighted by molar-refractivity contribution is -0.384. The van der Waals surface area contributed by atoms with Gasteiger partial charge in [-0.25, -0.2) is 8.42 Å². The summed E-state index contributed by atoms with van der Waals surface area (Å²) in [6.45, 7) is 1.38. The Kier molecular flexibility index (Phi) is 5.83.